The van der Waals surface area contributed by atoms with Crippen molar-refractivity contribution in [3.8, 4) is 11.5 Å². The fourth-order valence-electron chi connectivity index (χ4n) is 2.72. The molecular formula is C16H13ClN2O4. The van der Waals surface area contributed by atoms with Gasteiger partial charge in [0, 0.05) is 24.2 Å². The van der Waals surface area contributed by atoms with E-state index in [2.05, 4.69) is 0 Å². The number of fused-ring (bicyclic) bond motifs is 1. The summed E-state index contributed by atoms with van der Waals surface area (Å²) in [4.78, 5) is 23.5. The number of carbonyl (C=O) groups is 1. The number of non-ortho nitro benzene ring substituents is 1. The van der Waals surface area contributed by atoms with E-state index in [1.807, 2.05) is 24.1 Å². The molecule has 1 heterocycles. The van der Waals surface area contributed by atoms with Gasteiger partial charge in [0.25, 0.3) is 5.69 Å². The van der Waals surface area contributed by atoms with Gasteiger partial charge in [0.05, 0.1) is 16.0 Å². The molecule has 0 spiro atoms. The summed E-state index contributed by atoms with van der Waals surface area (Å²) in [6.45, 7) is 0.657. The number of nitro groups is 1. The molecule has 0 aliphatic carbocycles. The number of nitro benzene ring substituents is 1. The van der Waals surface area contributed by atoms with Crippen molar-refractivity contribution >= 4 is 23.6 Å². The summed E-state index contributed by atoms with van der Waals surface area (Å²) in [6, 6.07) is 9.18. The third kappa shape index (κ3) is 2.78. The fraction of sp³-hybridized carbons (Fsp3) is 0.188. The van der Waals surface area contributed by atoms with Gasteiger partial charge in [-0.3, -0.25) is 15.0 Å². The Balaban J connectivity index is 1.98. The third-order valence-electron chi connectivity index (χ3n) is 3.82. The lowest BCUT2D eigenvalue weighted by Gasteiger charge is -2.16. The molecule has 2 aromatic carbocycles. The summed E-state index contributed by atoms with van der Waals surface area (Å²) in [6.07, 6.45) is 0.871. The summed E-state index contributed by atoms with van der Waals surface area (Å²) in [5.74, 6) is 0.838. The maximum atomic E-state index is 11.4. The number of rotatable bonds is 4. The highest BCUT2D eigenvalue weighted by atomic mass is 35.5. The standard InChI is InChI=1S/C16H13ClN2O4/c1-18-8-10-3-2-4-15(16(10)13(18)9-20)23-14-6-5-11(19(21)22)7-12(14)17/h2-7,9,13H,8H2,1H3. The van der Waals surface area contributed by atoms with E-state index in [0.717, 1.165) is 17.4 Å². The minimum atomic E-state index is -0.521. The SMILES string of the molecule is CN1Cc2cccc(Oc3ccc([N+](=O)[O-])cc3Cl)c2C1C=O. The number of likely N-dealkylation sites (N-methyl/N-ethyl adjacent to an activating group) is 1. The van der Waals surface area contributed by atoms with Gasteiger partial charge in [-0.15, -0.1) is 0 Å². The molecule has 1 atom stereocenters. The quantitative estimate of drug-likeness (QED) is 0.484. The number of halogens is 1. The van der Waals surface area contributed by atoms with Crippen molar-refractivity contribution in [2.45, 2.75) is 12.6 Å². The summed E-state index contributed by atoms with van der Waals surface area (Å²) in [5.41, 5.74) is 1.71. The maximum Gasteiger partial charge on any atom is 0.271 e. The predicted octanol–water partition coefficient (Wildman–Crippen LogP) is 3.73. The molecule has 1 unspecified atom stereocenters. The van der Waals surface area contributed by atoms with Crippen LogP contribution >= 0.6 is 11.6 Å². The number of benzene rings is 2. The molecule has 0 aromatic heterocycles. The highest BCUT2D eigenvalue weighted by Gasteiger charge is 2.30. The summed E-state index contributed by atoms with van der Waals surface area (Å²) < 4.78 is 5.83. The summed E-state index contributed by atoms with van der Waals surface area (Å²) in [7, 11) is 1.86. The molecular weight excluding hydrogens is 320 g/mol. The number of nitrogens with zero attached hydrogens (tertiary/aromatic N) is 2. The van der Waals surface area contributed by atoms with Gasteiger partial charge in [-0.2, -0.15) is 0 Å². The first-order valence-electron chi connectivity index (χ1n) is 6.90. The molecule has 1 aliphatic rings. The van der Waals surface area contributed by atoms with Crippen LogP contribution in [0.4, 0.5) is 5.69 Å². The molecule has 1 aliphatic heterocycles. The van der Waals surface area contributed by atoms with Gasteiger partial charge < -0.3 is 9.53 Å². The molecule has 0 saturated carbocycles. The highest BCUT2D eigenvalue weighted by Crippen LogP contribution is 2.41. The Hall–Kier alpha value is -2.44. The Kier molecular flexibility index (Phi) is 4.02. The molecule has 0 bridgehead atoms. The minimum Gasteiger partial charge on any atom is -0.455 e. The van der Waals surface area contributed by atoms with Crippen LogP contribution in [0, 0.1) is 10.1 Å². The van der Waals surface area contributed by atoms with E-state index in [1.54, 1.807) is 6.07 Å². The van der Waals surface area contributed by atoms with Crippen molar-refractivity contribution in [3.63, 3.8) is 0 Å². The normalized spacial score (nSPS) is 16.9. The lowest BCUT2D eigenvalue weighted by molar-refractivity contribution is -0.384. The van der Waals surface area contributed by atoms with Crippen LogP contribution in [0.15, 0.2) is 36.4 Å². The van der Waals surface area contributed by atoms with Crippen LogP contribution in [-0.4, -0.2) is 23.2 Å². The molecule has 0 radical (unpaired) electrons. The van der Waals surface area contributed by atoms with Crippen molar-refractivity contribution in [2.75, 3.05) is 7.05 Å². The van der Waals surface area contributed by atoms with Crippen LogP contribution < -0.4 is 4.74 Å². The van der Waals surface area contributed by atoms with Crippen molar-refractivity contribution < 1.29 is 14.5 Å². The molecule has 23 heavy (non-hydrogen) atoms. The zero-order valence-electron chi connectivity index (χ0n) is 12.2. The molecule has 0 saturated heterocycles. The third-order valence-corrected chi connectivity index (χ3v) is 4.12. The van der Waals surface area contributed by atoms with Crippen LogP contribution in [0.5, 0.6) is 11.5 Å². The summed E-state index contributed by atoms with van der Waals surface area (Å²) >= 11 is 6.06. The average molecular weight is 333 g/mol. The van der Waals surface area contributed by atoms with Gasteiger partial charge in [-0.05, 0) is 24.7 Å². The van der Waals surface area contributed by atoms with Gasteiger partial charge in [0.15, 0.2) is 0 Å². The zero-order chi connectivity index (χ0) is 16.6. The van der Waals surface area contributed by atoms with Gasteiger partial charge in [-0.1, -0.05) is 23.7 Å². The highest BCUT2D eigenvalue weighted by molar-refractivity contribution is 6.32. The van der Waals surface area contributed by atoms with Crippen LogP contribution in [0.1, 0.15) is 17.2 Å². The molecule has 7 heteroatoms. The lowest BCUT2D eigenvalue weighted by Crippen LogP contribution is -2.17. The van der Waals surface area contributed by atoms with Crippen LogP contribution in [0.2, 0.25) is 5.02 Å². The monoisotopic (exact) mass is 332 g/mol. The van der Waals surface area contributed by atoms with Crippen LogP contribution in [0.25, 0.3) is 0 Å². The first kappa shape index (κ1) is 15.5. The molecule has 2 aromatic rings. The van der Waals surface area contributed by atoms with Crippen LogP contribution in [0.3, 0.4) is 0 Å². The van der Waals surface area contributed by atoms with E-state index in [1.165, 1.54) is 18.2 Å². The van der Waals surface area contributed by atoms with E-state index >= 15 is 0 Å². The van der Waals surface area contributed by atoms with Crippen LogP contribution in [-0.2, 0) is 11.3 Å². The Morgan fingerprint density at radius 1 is 1.35 bits per heavy atom. The van der Waals surface area contributed by atoms with Crippen molar-refractivity contribution in [3.05, 3.63) is 62.7 Å². The first-order chi connectivity index (χ1) is 11.0. The van der Waals surface area contributed by atoms with E-state index in [4.69, 9.17) is 16.3 Å². The van der Waals surface area contributed by atoms with Crippen molar-refractivity contribution in [2.24, 2.45) is 0 Å². The molecule has 118 valence electrons. The topological polar surface area (TPSA) is 72.7 Å². The lowest BCUT2D eigenvalue weighted by atomic mass is 10.0. The van der Waals surface area contributed by atoms with Crippen molar-refractivity contribution in [1.29, 1.82) is 0 Å². The predicted molar refractivity (Wildman–Crippen MR) is 84.9 cm³/mol. The Morgan fingerprint density at radius 3 is 2.78 bits per heavy atom. The smallest absolute Gasteiger partial charge is 0.271 e. The van der Waals surface area contributed by atoms with Gasteiger partial charge >= 0.3 is 0 Å². The number of hydrogen-bond donors (Lipinski definition) is 0. The van der Waals surface area contributed by atoms with E-state index < -0.39 is 4.92 Å². The number of carbonyl (C=O) groups excluding carboxylic acids is 1. The second-order valence-corrected chi connectivity index (χ2v) is 5.71. The molecule has 0 amide bonds. The summed E-state index contributed by atoms with van der Waals surface area (Å²) in [5, 5.41) is 10.9. The minimum absolute atomic E-state index is 0.105. The molecule has 6 nitrogen and oxygen atoms in total. The molecule has 0 N–H and O–H groups in total. The number of ether oxygens (including phenoxy) is 1. The Morgan fingerprint density at radius 2 is 2.13 bits per heavy atom. The average Bonchev–Trinajstić information content (AvgIpc) is 2.85. The number of hydrogen-bond acceptors (Lipinski definition) is 5. The second kappa shape index (κ2) is 5.98. The maximum absolute atomic E-state index is 11.4. The van der Waals surface area contributed by atoms with Gasteiger partial charge in [0.2, 0.25) is 0 Å². The fourth-order valence-corrected chi connectivity index (χ4v) is 2.93. The number of aldehydes is 1. The second-order valence-electron chi connectivity index (χ2n) is 5.30. The largest absolute Gasteiger partial charge is 0.455 e. The Bertz CT molecular complexity index is 794. The zero-order valence-corrected chi connectivity index (χ0v) is 13.0. The van der Waals surface area contributed by atoms with E-state index in [9.17, 15) is 14.9 Å². The Labute approximate surface area is 137 Å². The van der Waals surface area contributed by atoms with Crippen molar-refractivity contribution in [1.82, 2.24) is 4.90 Å². The molecule has 3 rings (SSSR count). The van der Waals surface area contributed by atoms with E-state index in [-0.39, 0.29) is 16.8 Å². The molecule has 0 fully saturated rings. The van der Waals surface area contributed by atoms with Gasteiger partial charge in [0.1, 0.15) is 17.8 Å². The van der Waals surface area contributed by atoms with Gasteiger partial charge in [-0.25, -0.2) is 0 Å². The van der Waals surface area contributed by atoms with E-state index in [0.29, 0.717) is 18.0 Å². The first-order valence-corrected chi connectivity index (χ1v) is 7.28.